The average Bonchev–Trinajstić information content (AvgIpc) is 2.86. The van der Waals surface area contributed by atoms with Crippen LogP contribution >= 0.6 is 0 Å². The molecule has 1 fully saturated rings. The van der Waals surface area contributed by atoms with E-state index in [-0.39, 0.29) is 0 Å². The minimum atomic E-state index is 0.390. The van der Waals surface area contributed by atoms with E-state index in [1.165, 1.54) is 55.7 Å². The molecule has 1 N–H and O–H groups in total. The maximum absolute atomic E-state index is 4.60. The van der Waals surface area contributed by atoms with Crippen molar-refractivity contribution in [3.05, 3.63) is 28.6 Å². The molecule has 1 aromatic heterocycles. The lowest BCUT2D eigenvalue weighted by Gasteiger charge is -2.20. The molecule has 1 aliphatic rings. The number of pyridine rings is 1. The first-order chi connectivity index (χ1) is 9.58. The molecule has 0 amide bonds. The Kier molecular flexibility index (Phi) is 5.55. The summed E-state index contributed by atoms with van der Waals surface area (Å²) >= 11 is 0. The Balaban J connectivity index is 1.80. The van der Waals surface area contributed by atoms with E-state index in [0.29, 0.717) is 6.04 Å². The molecule has 2 rings (SSSR count). The maximum atomic E-state index is 4.60. The van der Waals surface area contributed by atoms with Crippen molar-refractivity contribution < 1.29 is 0 Å². The lowest BCUT2D eigenvalue weighted by Crippen LogP contribution is -2.27. The van der Waals surface area contributed by atoms with E-state index in [2.05, 4.69) is 49.0 Å². The molecule has 1 atom stereocenters. The summed E-state index contributed by atoms with van der Waals surface area (Å²) in [5.41, 5.74) is 5.01. The summed E-state index contributed by atoms with van der Waals surface area (Å²) in [6.45, 7) is 13.6. The smallest absolute Gasteiger partial charge is 0.0426 e. The van der Waals surface area contributed by atoms with E-state index in [0.717, 1.165) is 12.2 Å². The highest BCUT2D eigenvalue weighted by atomic mass is 15.1. The fourth-order valence-corrected chi connectivity index (χ4v) is 3.42. The van der Waals surface area contributed by atoms with Crippen LogP contribution in [0, 0.1) is 20.8 Å². The zero-order valence-corrected chi connectivity index (χ0v) is 13.5. The van der Waals surface area contributed by atoms with Crippen molar-refractivity contribution in [2.45, 2.75) is 53.0 Å². The van der Waals surface area contributed by atoms with Crippen LogP contribution in [0.2, 0.25) is 0 Å². The Morgan fingerprint density at radius 1 is 1.25 bits per heavy atom. The second-order valence-corrected chi connectivity index (χ2v) is 6.16. The number of hydrogen-bond acceptors (Lipinski definition) is 3. The molecular formula is C17H29N3. The van der Waals surface area contributed by atoms with Gasteiger partial charge in [-0.15, -0.1) is 0 Å². The van der Waals surface area contributed by atoms with Gasteiger partial charge in [-0.25, -0.2) is 0 Å². The first-order valence-corrected chi connectivity index (χ1v) is 7.98. The lowest BCUT2D eigenvalue weighted by molar-refractivity contribution is 0.328. The van der Waals surface area contributed by atoms with Gasteiger partial charge in [-0.1, -0.05) is 0 Å². The van der Waals surface area contributed by atoms with Gasteiger partial charge in [-0.2, -0.15) is 0 Å². The van der Waals surface area contributed by atoms with Crippen molar-refractivity contribution in [1.82, 2.24) is 15.2 Å². The quantitative estimate of drug-likeness (QED) is 0.808. The molecule has 20 heavy (non-hydrogen) atoms. The fourth-order valence-electron chi connectivity index (χ4n) is 3.42. The van der Waals surface area contributed by atoms with Crippen LogP contribution in [0.5, 0.6) is 0 Å². The van der Waals surface area contributed by atoms with E-state index >= 15 is 0 Å². The number of aryl methyl sites for hydroxylation is 3. The van der Waals surface area contributed by atoms with Crippen LogP contribution in [0.25, 0.3) is 0 Å². The molecule has 0 bridgehead atoms. The molecule has 0 saturated carbocycles. The number of rotatable bonds is 6. The van der Waals surface area contributed by atoms with E-state index in [1.807, 2.05) is 0 Å². The first-order valence-electron chi connectivity index (χ1n) is 7.98. The Bertz CT molecular complexity index is 413. The van der Waals surface area contributed by atoms with Crippen LogP contribution in [0.1, 0.15) is 54.7 Å². The summed E-state index contributed by atoms with van der Waals surface area (Å²) in [5, 5.41) is 3.66. The molecule has 1 saturated heterocycles. The molecule has 3 heteroatoms. The monoisotopic (exact) mass is 275 g/mol. The van der Waals surface area contributed by atoms with Crippen molar-refractivity contribution in [2.24, 2.45) is 0 Å². The third-order valence-electron chi connectivity index (χ3n) is 4.32. The van der Waals surface area contributed by atoms with Gasteiger partial charge in [0, 0.05) is 17.4 Å². The highest BCUT2D eigenvalue weighted by molar-refractivity contribution is 5.33. The predicted molar refractivity (Wildman–Crippen MR) is 85.2 cm³/mol. The molecule has 1 unspecified atom stereocenters. The van der Waals surface area contributed by atoms with E-state index in [9.17, 15) is 0 Å². The first kappa shape index (κ1) is 15.5. The summed E-state index contributed by atoms with van der Waals surface area (Å²) in [4.78, 5) is 7.18. The summed E-state index contributed by atoms with van der Waals surface area (Å²) in [7, 11) is 0. The van der Waals surface area contributed by atoms with Gasteiger partial charge in [0.15, 0.2) is 0 Å². The standard InChI is InChI=1S/C17H29N3/c1-13-12-14(2)19-16(4)17(13)15(3)18-8-7-11-20-9-5-6-10-20/h12,15,18H,5-11H2,1-4H3. The van der Waals surface area contributed by atoms with Gasteiger partial charge in [-0.05, 0) is 90.3 Å². The number of likely N-dealkylation sites (tertiary alicyclic amines) is 1. The third-order valence-corrected chi connectivity index (χ3v) is 4.32. The van der Waals surface area contributed by atoms with Crippen LogP contribution in [0.3, 0.4) is 0 Å². The van der Waals surface area contributed by atoms with Gasteiger partial charge in [0.05, 0.1) is 0 Å². The molecule has 1 aromatic rings. The molecule has 0 radical (unpaired) electrons. The van der Waals surface area contributed by atoms with Gasteiger partial charge in [0.25, 0.3) is 0 Å². The van der Waals surface area contributed by atoms with E-state index in [4.69, 9.17) is 0 Å². The largest absolute Gasteiger partial charge is 0.310 e. The highest BCUT2D eigenvalue weighted by Crippen LogP contribution is 2.21. The second-order valence-electron chi connectivity index (χ2n) is 6.16. The third kappa shape index (κ3) is 4.03. The van der Waals surface area contributed by atoms with E-state index < -0.39 is 0 Å². The lowest BCUT2D eigenvalue weighted by atomic mass is 10.0. The predicted octanol–water partition coefficient (Wildman–Crippen LogP) is 3.14. The van der Waals surface area contributed by atoms with Crippen molar-refractivity contribution in [3.8, 4) is 0 Å². The number of hydrogen-bond donors (Lipinski definition) is 1. The molecular weight excluding hydrogens is 246 g/mol. The van der Waals surface area contributed by atoms with Gasteiger partial charge in [0.1, 0.15) is 0 Å². The van der Waals surface area contributed by atoms with Gasteiger partial charge < -0.3 is 10.2 Å². The van der Waals surface area contributed by atoms with Crippen LogP contribution < -0.4 is 5.32 Å². The summed E-state index contributed by atoms with van der Waals surface area (Å²) in [5.74, 6) is 0. The molecule has 1 aliphatic heterocycles. The Morgan fingerprint density at radius 3 is 2.60 bits per heavy atom. The molecule has 0 aliphatic carbocycles. The Morgan fingerprint density at radius 2 is 1.95 bits per heavy atom. The van der Waals surface area contributed by atoms with Crippen molar-refractivity contribution in [2.75, 3.05) is 26.2 Å². The second kappa shape index (κ2) is 7.19. The SMILES string of the molecule is Cc1cc(C)c(C(C)NCCCN2CCCC2)c(C)n1. The molecule has 0 aromatic carbocycles. The minimum Gasteiger partial charge on any atom is -0.310 e. The van der Waals surface area contributed by atoms with Crippen molar-refractivity contribution in [3.63, 3.8) is 0 Å². The summed E-state index contributed by atoms with van der Waals surface area (Å²) < 4.78 is 0. The fraction of sp³-hybridized carbons (Fsp3) is 0.706. The van der Waals surface area contributed by atoms with Crippen LogP contribution in [0.15, 0.2) is 6.07 Å². The molecule has 0 spiro atoms. The summed E-state index contributed by atoms with van der Waals surface area (Å²) in [6.07, 6.45) is 4.01. The Labute approximate surface area is 123 Å². The van der Waals surface area contributed by atoms with Crippen molar-refractivity contribution in [1.29, 1.82) is 0 Å². The van der Waals surface area contributed by atoms with Gasteiger partial charge in [-0.3, -0.25) is 4.98 Å². The molecule has 2 heterocycles. The Hall–Kier alpha value is -0.930. The summed E-state index contributed by atoms with van der Waals surface area (Å²) in [6, 6.07) is 2.58. The molecule has 112 valence electrons. The highest BCUT2D eigenvalue weighted by Gasteiger charge is 2.13. The number of nitrogens with one attached hydrogen (secondary N) is 1. The topological polar surface area (TPSA) is 28.2 Å². The van der Waals surface area contributed by atoms with Crippen LogP contribution in [-0.4, -0.2) is 36.1 Å². The van der Waals surface area contributed by atoms with Gasteiger partial charge in [0.2, 0.25) is 0 Å². The zero-order valence-electron chi connectivity index (χ0n) is 13.5. The zero-order chi connectivity index (χ0) is 14.5. The van der Waals surface area contributed by atoms with Crippen LogP contribution in [0.4, 0.5) is 0 Å². The maximum Gasteiger partial charge on any atom is 0.0426 e. The van der Waals surface area contributed by atoms with E-state index in [1.54, 1.807) is 0 Å². The van der Waals surface area contributed by atoms with Gasteiger partial charge >= 0.3 is 0 Å². The minimum absolute atomic E-state index is 0.390. The number of nitrogens with zero attached hydrogens (tertiary/aromatic N) is 2. The molecule has 3 nitrogen and oxygen atoms in total. The number of aromatic nitrogens is 1. The van der Waals surface area contributed by atoms with Crippen molar-refractivity contribution >= 4 is 0 Å². The average molecular weight is 275 g/mol. The van der Waals surface area contributed by atoms with Crippen LogP contribution in [-0.2, 0) is 0 Å². The normalized spacial score (nSPS) is 17.6.